The van der Waals surface area contributed by atoms with Gasteiger partial charge in [-0.1, -0.05) is 0 Å². The van der Waals surface area contributed by atoms with Gasteiger partial charge >= 0.3 is 6.03 Å². The summed E-state index contributed by atoms with van der Waals surface area (Å²) >= 11 is 0. The van der Waals surface area contributed by atoms with Gasteiger partial charge in [-0.25, -0.2) is 4.79 Å². The molecule has 7 nitrogen and oxygen atoms in total. The summed E-state index contributed by atoms with van der Waals surface area (Å²) in [5.41, 5.74) is 0. The van der Waals surface area contributed by atoms with Crippen LogP contribution in [0.2, 0.25) is 0 Å². The first-order valence-corrected chi connectivity index (χ1v) is 8.28. The topological polar surface area (TPSA) is 65.1 Å². The first-order valence-electron chi connectivity index (χ1n) is 8.28. The molecule has 7 heteroatoms. The third-order valence-electron chi connectivity index (χ3n) is 4.36. The summed E-state index contributed by atoms with van der Waals surface area (Å²) in [4.78, 5) is 30.1. The van der Waals surface area contributed by atoms with E-state index in [1.807, 2.05) is 28.5 Å². The SMILES string of the molecule is CCN(CC)C(=O)N1CCN(C(=O)CC2COCCN2)CC1. The summed E-state index contributed by atoms with van der Waals surface area (Å²) in [6, 6.07) is 0.205. The Morgan fingerprint density at radius 3 is 2.32 bits per heavy atom. The van der Waals surface area contributed by atoms with Gasteiger partial charge in [-0.15, -0.1) is 0 Å². The van der Waals surface area contributed by atoms with Crippen LogP contribution < -0.4 is 5.32 Å². The maximum Gasteiger partial charge on any atom is 0.320 e. The van der Waals surface area contributed by atoms with Crippen molar-refractivity contribution in [3.8, 4) is 0 Å². The first-order chi connectivity index (χ1) is 10.7. The van der Waals surface area contributed by atoms with E-state index in [2.05, 4.69) is 5.32 Å². The summed E-state index contributed by atoms with van der Waals surface area (Å²) in [6.07, 6.45) is 0.476. The van der Waals surface area contributed by atoms with Gasteiger partial charge in [0.2, 0.25) is 5.91 Å². The molecule has 0 bridgehead atoms. The van der Waals surface area contributed by atoms with Crippen molar-refractivity contribution in [2.45, 2.75) is 26.3 Å². The lowest BCUT2D eigenvalue weighted by Crippen LogP contribution is -2.55. The fraction of sp³-hybridized carbons (Fsp3) is 0.867. The molecule has 2 fully saturated rings. The third-order valence-corrected chi connectivity index (χ3v) is 4.36. The van der Waals surface area contributed by atoms with Crippen LogP contribution in [0.25, 0.3) is 0 Å². The van der Waals surface area contributed by atoms with E-state index in [-0.39, 0.29) is 18.0 Å². The predicted molar refractivity (Wildman–Crippen MR) is 83.7 cm³/mol. The van der Waals surface area contributed by atoms with E-state index in [4.69, 9.17) is 4.74 Å². The fourth-order valence-electron chi connectivity index (χ4n) is 2.93. The normalized spacial score (nSPS) is 22.5. The molecule has 0 aromatic carbocycles. The van der Waals surface area contributed by atoms with Crippen LogP contribution in [-0.2, 0) is 9.53 Å². The first kappa shape index (κ1) is 17.0. The maximum atomic E-state index is 12.3. The summed E-state index contributed by atoms with van der Waals surface area (Å²) in [7, 11) is 0. The highest BCUT2D eigenvalue weighted by atomic mass is 16.5. The Labute approximate surface area is 132 Å². The third kappa shape index (κ3) is 4.33. The average molecular weight is 312 g/mol. The van der Waals surface area contributed by atoms with Gasteiger partial charge in [-0.2, -0.15) is 0 Å². The van der Waals surface area contributed by atoms with E-state index < -0.39 is 0 Å². The van der Waals surface area contributed by atoms with Gasteiger partial charge < -0.3 is 24.8 Å². The Hall–Kier alpha value is -1.34. The number of nitrogens with zero attached hydrogens (tertiary/aromatic N) is 3. The molecule has 2 heterocycles. The molecule has 0 aromatic heterocycles. The monoisotopic (exact) mass is 312 g/mol. The fourth-order valence-corrected chi connectivity index (χ4v) is 2.93. The van der Waals surface area contributed by atoms with Crippen LogP contribution in [0.4, 0.5) is 4.79 Å². The van der Waals surface area contributed by atoms with Gasteiger partial charge in [0.05, 0.1) is 13.2 Å². The van der Waals surface area contributed by atoms with E-state index in [0.29, 0.717) is 39.2 Å². The molecular weight excluding hydrogens is 284 g/mol. The van der Waals surface area contributed by atoms with Crippen molar-refractivity contribution in [3.63, 3.8) is 0 Å². The van der Waals surface area contributed by atoms with Crippen molar-refractivity contribution in [2.24, 2.45) is 0 Å². The van der Waals surface area contributed by atoms with Crippen LogP contribution in [0.5, 0.6) is 0 Å². The second-order valence-electron chi connectivity index (χ2n) is 5.75. The summed E-state index contributed by atoms with van der Waals surface area (Å²) < 4.78 is 5.38. The summed E-state index contributed by atoms with van der Waals surface area (Å²) in [5, 5.41) is 3.30. The Kier molecular flexibility index (Phi) is 6.45. The van der Waals surface area contributed by atoms with E-state index in [1.165, 1.54) is 0 Å². The Morgan fingerprint density at radius 2 is 1.77 bits per heavy atom. The van der Waals surface area contributed by atoms with Crippen LogP contribution in [0, 0.1) is 0 Å². The van der Waals surface area contributed by atoms with E-state index >= 15 is 0 Å². The molecule has 0 aliphatic carbocycles. The number of amides is 3. The molecule has 1 N–H and O–H groups in total. The number of carbonyl (C=O) groups excluding carboxylic acids is 2. The highest BCUT2D eigenvalue weighted by Gasteiger charge is 2.27. The smallest absolute Gasteiger partial charge is 0.320 e. The molecule has 0 saturated carbocycles. The number of piperazine rings is 1. The molecule has 2 aliphatic rings. The molecule has 0 radical (unpaired) electrons. The van der Waals surface area contributed by atoms with Crippen LogP contribution in [-0.4, -0.2) is 91.7 Å². The van der Waals surface area contributed by atoms with Gasteiger partial charge in [-0.05, 0) is 13.8 Å². The van der Waals surface area contributed by atoms with Crippen molar-refractivity contribution in [1.29, 1.82) is 0 Å². The number of carbonyl (C=O) groups is 2. The molecule has 2 saturated heterocycles. The molecule has 0 aromatic rings. The Balaban J connectivity index is 1.76. The zero-order valence-corrected chi connectivity index (χ0v) is 13.7. The minimum absolute atomic E-state index is 0.0828. The summed E-state index contributed by atoms with van der Waals surface area (Å²) in [6.45, 7) is 10.0. The number of hydrogen-bond acceptors (Lipinski definition) is 4. The molecule has 0 spiro atoms. The number of rotatable bonds is 4. The second kappa shape index (κ2) is 8.33. The molecule has 1 atom stereocenters. The van der Waals surface area contributed by atoms with Crippen molar-refractivity contribution in [2.75, 3.05) is 59.0 Å². The molecule has 22 heavy (non-hydrogen) atoms. The highest BCUT2D eigenvalue weighted by molar-refractivity contribution is 5.78. The number of urea groups is 1. The molecule has 1 unspecified atom stereocenters. The maximum absolute atomic E-state index is 12.3. The largest absolute Gasteiger partial charge is 0.378 e. The molecule has 2 aliphatic heterocycles. The number of nitrogens with one attached hydrogen (secondary N) is 1. The second-order valence-corrected chi connectivity index (χ2v) is 5.75. The highest BCUT2D eigenvalue weighted by Crippen LogP contribution is 2.09. The van der Waals surface area contributed by atoms with Gasteiger partial charge in [0, 0.05) is 58.3 Å². The van der Waals surface area contributed by atoms with E-state index in [0.717, 1.165) is 26.2 Å². The Morgan fingerprint density at radius 1 is 1.14 bits per heavy atom. The van der Waals surface area contributed by atoms with Gasteiger partial charge in [-0.3, -0.25) is 4.79 Å². The zero-order valence-electron chi connectivity index (χ0n) is 13.7. The predicted octanol–water partition coefficient (Wildman–Crippen LogP) is -0.0291. The lowest BCUT2D eigenvalue weighted by molar-refractivity contribution is -0.133. The molecule has 126 valence electrons. The van der Waals surface area contributed by atoms with E-state index in [1.54, 1.807) is 0 Å². The van der Waals surface area contributed by atoms with Crippen LogP contribution in [0.3, 0.4) is 0 Å². The van der Waals surface area contributed by atoms with Crippen molar-refractivity contribution in [3.05, 3.63) is 0 Å². The minimum atomic E-state index is 0.0828. The van der Waals surface area contributed by atoms with Crippen LogP contribution in [0.1, 0.15) is 20.3 Å². The van der Waals surface area contributed by atoms with Crippen molar-refractivity contribution >= 4 is 11.9 Å². The van der Waals surface area contributed by atoms with Gasteiger partial charge in [0.25, 0.3) is 0 Å². The molecule has 2 rings (SSSR count). The zero-order chi connectivity index (χ0) is 15.9. The number of morpholine rings is 1. The minimum Gasteiger partial charge on any atom is -0.378 e. The lowest BCUT2D eigenvalue weighted by atomic mass is 10.1. The lowest BCUT2D eigenvalue weighted by Gasteiger charge is -2.37. The summed E-state index contributed by atoms with van der Waals surface area (Å²) in [5.74, 6) is 0.151. The Bertz CT molecular complexity index is 373. The van der Waals surface area contributed by atoms with E-state index in [9.17, 15) is 9.59 Å². The van der Waals surface area contributed by atoms with Gasteiger partial charge in [0.1, 0.15) is 0 Å². The number of ether oxygens (including phenoxy) is 1. The quantitative estimate of drug-likeness (QED) is 0.792. The average Bonchev–Trinajstić information content (AvgIpc) is 2.57. The van der Waals surface area contributed by atoms with Crippen LogP contribution in [0.15, 0.2) is 0 Å². The van der Waals surface area contributed by atoms with Gasteiger partial charge in [0.15, 0.2) is 0 Å². The van der Waals surface area contributed by atoms with Crippen molar-refractivity contribution < 1.29 is 14.3 Å². The van der Waals surface area contributed by atoms with Crippen LogP contribution >= 0.6 is 0 Å². The molecule has 3 amide bonds. The standard InChI is InChI=1S/C15H28N4O3/c1-3-17(4-2)15(21)19-8-6-18(7-9-19)14(20)11-13-12-22-10-5-16-13/h13,16H,3-12H2,1-2H3. The molecular formula is C15H28N4O3. The number of hydrogen-bond donors (Lipinski definition) is 1. The van der Waals surface area contributed by atoms with Crippen molar-refractivity contribution in [1.82, 2.24) is 20.0 Å².